The molecule has 1 amide bonds. The second-order valence-corrected chi connectivity index (χ2v) is 5.90. The van der Waals surface area contributed by atoms with Crippen LogP contribution >= 0.6 is 11.6 Å². The first-order chi connectivity index (χ1) is 11.2. The van der Waals surface area contributed by atoms with E-state index in [0.29, 0.717) is 18.2 Å². The van der Waals surface area contributed by atoms with Gasteiger partial charge in [-0.3, -0.25) is 4.79 Å². The van der Waals surface area contributed by atoms with Gasteiger partial charge in [-0.25, -0.2) is 0 Å². The summed E-state index contributed by atoms with van der Waals surface area (Å²) in [5.74, 6) is -0.110. The standard InChI is InChI=1S/C18H19ClN2O2/c19-15-8-6-14(7-9-15)17(13-4-2-1-3-5-13)21-18(22)16-12-20-10-11-23-16/h1-9,16-17,20H,10-12H2,(H,21,22). The molecule has 2 N–H and O–H groups in total. The lowest BCUT2D eigenvalue weighted by molar-refractivity contribution is -0.134. The molecule has 3 rings (SSSR count). The van der Waals surface area contributed by atoms with Crippen LogP contribution in [0.15, 0.2) is 54.6 Å². The van der Waals surface area contributed by atoms with Gasteiger partial charge in [0.25, 0.3) is 5.91 Å². The van der Waals surface area contributed by atoms with Crippen LogP contribution in [0.3, 0.4) is 0 Å². The van der Waals surface area contributed by atoms with Crippen molar-refractivity contribution >= 4 is 17.5 Å². The van der Waals surface area contributed by atoms with Gasteiger partial charge >= 0.3 is 0 Å². The van der Waals surface area contributed by atoms with Gasteiger partial charge in [0.05, 0.1) is 12.6 Å². The Kier molecular flexibility index (Phi) is 5.28. The Morgan fingerprint density at radius 2 is 1.83 bits per heavy atom. The monoisotopic (exact) mass is 330 g/mol. The van der Waals surface area contributed by atoms with Gasteiger partial charge < -0.3 is 15.4 Å². The molecule has 1 heterocycles. The summed E-state index contributed by atoms with van der Waals surface area (Å²) in [5, 5.41) is 6.94. The third-order valence-electron chi connectivity index (χ3n) is 3.84. The summed E-state index contributed by atoms with van der Waals surface area (Å²) in [7, 11) is 0. The van der Waals surface area contributed by atoms with Crippen LogP contribution in [0.25, 0.3) is 0 Å². The van der Waals surface area contributed by atoms with Crippen LogP contribution in [0.5, 0.6) is 0 Å². The van der Waals surface area contributed by atoms with Crippen molar-refractivity contribution in [1.29, 1.82) is 0 Å². The molecule has 0 spiro atoms. The average Bonchev–Trinajstić information content (AvgIpc) is 2.62. The molecule has 2 aromatic rings. The van der Waals surface area contributed by atoms with E-state index in [0.717, 1.165) is 17.7 Å². The Morgan fingerprint density at radius 3 is 2.48 bits per heavy atom. The maximum absolute atomic E-state index is 12.5. The van der Waals surface area contributed by atoms with Crippen molar-refractivity contribution in [3.63, 3.8) is 0 Å². The van der Waals surface area contributed by atoms with Crippen LogP contribution < -0.4 is 10.6 Å². The SMILES string of the molecule is O=C(NC(c1ccccc1)c1ccc(Cl)cc1)C1CNCCO1. The molecule has 0 bridgehead atoms. The van der Waals surface area contributed by atoms with E-state index in [1.165, 1.54) is 0 Å². The molecule has 0 aliphatic carbocycles. The number of ether oxygens (including phenoxy) is 1. The maximum Gasteiger partial charge on any atom is 0.251 e. The summed E-state index contributed by atoms with van der Waals surface area (Å²) in [4.78, 5) is 12.5. The Hall–Kier alpha value is -1.88. The van der Waals surface area contributed by atoms with Gasteiger partial charge in [0.2, 0.25) is 0 Å². The van der Waals surface area contributed by atoms with Crippen LogP contribution in [0, 0.1) is 0 Å². The molecule has 5 heteroatoms. The predicted octanol–water partition coefficient (Wildman–Crippen LogP) is 2.53. The number of rotatable bonds is 4. The van der Waals surface area contributed by atoms with Crippen molar-refractivity contribution < 1.29 is 9.53 Å². The van der Waals surface area contributed by atoms with E-state index in [1.807, 2.05) is 54.6 Å². The zero-order valence-corrected chi connectivity index (χ0v) is 13.4. The van der Waals surface area contributed by atoms with Crippen LogP contribution in [0.1, 0.15) is 17.2 Å². The van der Waals surface area contributed by atoms with Crippen molar-refractivity contribution in [3.05, 3.63) is 70.7 Å². The fourth-order valence-electron chi connectivity index (χ4n) is 2.63. The summed E-state index contributed by atoms with van der Waals surface area (Å²) in [6.45, 7) is 1.87. The van der Waals surface area contributed by atoms with E-state index in [2.05, 4.69) is 10.6 Å². The first kappa shape index (κ1) is 16.0. The van der Waals surface area contributed by atoms with Gasteiger partial charge in [0, 0.05) is 18.1 Å². The number of halogens is 1. The highest BCUT2D eigenvalue weighted by atomic mass is 35.5. The predicted molar refractivity (Wildman–Crippen MR) is 90.5 cm³/mol. The van der Waals surface area contributed by atoms with E-state index in [4.69, 9.17) is 16.3 Å². The van der Waals surface area contributed by atoms with Gasteiger partial charge in [0.1, 0.15) is 6.10 Å². The van der Waals surface area contributed by atoms with Gasteiger partial charge in [-0.05, 0) is 23.3 Å². The largest absolute Gasteiger partial charge is 0.366 e. The molecular formula is C18H19ClN2O2. The van der Waals surface area contributed by atoms with E-state index in [-0.39, 0.29) is 11.9 Å². The lowest BCUT2D eigenvalue weighted by atomic mass is 9.98. The lowest BCUT2D eigenvalue weighted by Gasteiger charge is -2.26. The quantitative estimate of drug-likeness (QED) is 0.905. The Bertz CT molecular complexity index is 640. The molecule has 1 aliphatic heterocycles. The number of carbonyl (C=O) groups excluding carboxylic acids is 1. The van der Waals surface area contributed by atoms with Gasteiger partial charge in [-0.15, -0.1) is 0 Å². The highest BCUT2D eigenvalue weighted by Crippen LogP contribution is 2.23. The molecule has 1 fully saturated rings. The van der Waals surface area contributed by atoms with Crippen LogP contribution in [-0.4, -0.2) is 31.7 Å². The minimum atomic E-state index is -0.456. The number of benzene rings is 2. The minimum Gasteiger partial charge on any atom is -0.366 e. The number of hydrogen-bond donors (Lipinski definition) is 2. The van der Waals surface area contributed by atoms with E-state index < -0.39 is 6.10 Å². The summed E-state index contributed by atoms with van der Waals surface area (Å²) in [6.07, 6.45) is -0.456. The van der Waals surface area contributed by atoms with E-state index in [1.54, 1.807) is 0 Å². The number of morpholine rings is 1. The molecule has 0 saturated carbocycles. The molecule has 2 aromatic carbocycles. The fraction of sp³-hybridized carbons (Fsp3) is 0.278. The molecule has 2 atom stereocenters. The van der Waals surface area contributed by atoms with Crippen molar-refractivity contribution in [3.8, 4) is 0 Å². The average molecular weight is 331 g/mol. The maximum atomic E-state index is 12.5. The first-order valence-electron chi connectivity index (χ1n) is 7.67. The summed E-state index contributed by atoms with van der Waals surface area (Å²) in [5.41, 5.74) is 2.00. The normalized spacial score (nSPS) is 19.1. The summed E-state index contributed by atoms with van der Waals surface area (Å²) >= 11 is 5.97. The fourth-order valence-corrected chi connectivity index (χ4v) is 2.75. The van der Waals surface area contributed by atoms with Gasteiger partial charge in [-0.2, -0.15) is 0 Å². The van der Waals surface area contributed by atoms with Gasteiger partial charge in [0.15, 0.2) is 0 Å². The van der Waals surface area contributed by atoms with Crippen LogP contribution in [-0.2, 0) is 9.53 Å². The minimum absolute atomic E-state index is 0.110. The molecule has 2 unspecified atom stereocenters. The van der Waals surface area contributed by atoms with Crippen molar-refractivity contribution in [2.45, 2.75) is 12.1 Å². The Labute approximate surface area is 140 Å². The number of amides is 1. The molecule has 4 nitrogen and oxygen atoms in total. The van der Waals surface area contributed by atoms with E-state index in [9.17, 15) is 4.79 Å². The first-order valence-corrected chi connectivity index (χ1v) is 8.05. The second-order valence-electron chi connectivity index (χ2n) is 5.47. The molecule has 1 saturated heterocycles. The van der Waals surface area contributed by atoms with Crippen molar-refractivity contribution in [2.24, 2.45) is 0 Å². The topological polar surface area (TPSA) is 50.4 Å². The molecule has 0 radical (unpaired) electrons. The number of hydrogen-bond acceptors (Lipinski definition) is 3. The lowest BCUT2D eigenvalue weighted by Crippen LogP contribution is -2.48. The zero-order chi connectivity index (χ0) is 16.1. The third-order valence-corrected chi connectivity index (χ3v) is 4.09. The van der Waals surface area contributed by atoms with Crippen molar-refractivity contribution in [1.82, 2.24) is 10.6 Å². The molecule has 23 heavy (non-hydrogen) atoms. The molecule has 0 aromatic heterocycles. The smallest absolute Gasteiger partial charge is 0.251 e. The van der Waals surface area contributed by atoms with E-state index >= 15 is 0 Å². The Balaban J connectivity index is 1.83. The molecule has 120 valence electrons. The third kappa shape index (κ3) is 4.10. The highest BCUT2D eigenvalue weighted by Gasteiger charge is 2.25. The van der Waals surface area contributed by atoms with Crippen LogP contribution in [0.2, 0.25) is 5.02 Å². The van der Waals surface area contributed by atoms with Crippen LogP contribution in [0.4, 0.5) is 0 Å². The van der Waals surface area contributed by atoms with Crippen molar-refractivity contribution in [2.75, 3.05) is 19.7 Å². The Morgan fingerprint density at radius 1 is 1.13 bits per heavy atom. The summed E-state index contributed by atoms with van der Waals surface area (Å²) in [6, 6.07) is 17.2. The highest BCUT2D eigenvalue weighted by molar-refractivity contribution is 6.30. The summed E-state index contributed by atoms with van der Waals surface area (Å²) < 4.78 is 5.54. The molecule has 1 aliphatic rings. The number of carbonyl (C=O) groups is 1. The zero-order valence-electron chi connectivity index (χ0n) is 12.7. The molecular weight excluding hydrogens is 312 g/mol. The number of nitrogens with one attached hydrogen (secondary N) is 2. The second kappa shape index (κ2) is 7.59. The van der Waals surface area contributed by atoms with Gasteiger partial charge in [-0.1, -0.05) is 54.1 Å².